The van der Waals surface area contributed by atoms with Crippen LogP contribution in [0.15, 0.2) is 30.7 Å². The highest BCUT2D eigenvalue weighted by Crippen LogP contribution is 2.54. The molecule has 5 rings (SSSR count). The van der Waals surface area contributed by atoms with E-state index in [2.05, 4.69) is 20.3 Å². The molecule has 3 aromatic heterocycles. The summed E-state index contributed by atoms with van der Waals surface area (Å²) >= 11 is 0. The maximum atomic E-state index is 14.2. The molecule has 8 nitrogen and oxygen atoms in total. The van der Waals surface area contributed by atoms with E-state index < -0.39 is 11.4 Å². The molecule has 0 aromatic carbocycles. The highest BCUT2D eigenvalue weighted by Gasteiger charge is 2.52. The van der Waals surface area contributed by atoms with E-state index in [1.807, 2.05) is 19.9 Å². The molecule has 1 saturated carbocycles. The quantitative estimate of drug-likeness (QED) is 0.679. The average Bonchev–Trinajstić information content (AvgIpc) is 3.39. The summed E-state index contributed by atoms with van der Waals surface area (Å²) in [7, 11) is 0. The van der Waals surface area contributed by atoms with Crippen LogP contribution < -0.4 is 15.0 Å². The zero-order valence-electron chi connectivity index (χ0n) is 16.2. The summed E-state index contributed by atoms with van der Waals surface area (Å²) in [5.74, 6) is 0.430. The molecular formula is C20H21FN6O2. The van der Waals surface area contributed by atoms with Crippen LogP contribution in [0.25, 0.3) is 5.65 Å². The van der Waals surface area contributed by atoms with Crippen LogP contribution in [0, 0.1) is 5.82 Å². The lowest BCUT2D eigenvalue weighted by Crippen LogP contribution is -2.37. The van der Waals surface area contributed by atoms with Gasteiger partial charge in [-0.2, -0.15) is 5.10 Å². The minimum Gasteiger partial charge on any atom is -0.473 e. The third kappa shape index (κ3) is 2.80. The van der Waals surface area contributed by atoms with Crippen molar-refractivity contribution in [2.24, 2.45) is 0 Å². The Morgan fingerprint density at radius 2 is 2.21 bits per heavy atom. The van der Waals surface area contributed by atoms with E-state index in [9.17, 15) is 9.18 Å². The molecular weight excluding hydrogens is 375 g/mol. The number of halogens is 1. The Kier molecular flexibility index (Phi) is 3.94. The summed E-state index contributed by atoms with van der Waals surface area (Å²) in [4.78, 5) is 23.8. The number of aromatic nitrogens is 4. The molecule has 2 bridgehead atoms. The van der Waals surface area contributed by atoms with E-state index in [1.54, 1.807) is 10.7 Å². The van der Waals surface area contributed by atoms with Gasteiger partial charge in [0.25, 0.3) is 5.91 Å². The first kappa shape index (κ1) is 17.8. The topological polar surface area (TPSA) is 84.7 Å². The SMILES string of the molecule is CCN1c2ccn3ncc(c3n2)C(=O)NC[C@@H](C)Oc2ncc(F)cc2C12CC2. The van der Waals surface area contributed by atoms with Crippen molar-refractivity contribution >= 4 is 17.4 Å². The first-order chi connectivity index (χ1) is 14.0. The van der Waals surface area contributed by atoms with Gasteiger partial charge in [-0.15, -0.1) is 0 Å². The maximum Gasteiger partial charge on any atom is 0.256 e. The molecule has 150 valence electrons. The summed E-state index contributed by atoms with van der Waals surface area (Å²) in [6.07, 6.45) is 5.80. The number of pyridine rings is 1. The molecule has 0 saturated heterocycles. The Balaban J connectivity index is 1.72. The van der Waals surface area contributed by atoms with Gasteiger partial charge < -0.3 is 15.0 Å². The molecule has 3 aromatic rings. The van der Waals surface area contributed by atoms with Crippen LogP contribution in [0.1, 0.15) is 42.6 Å². The number of carbonyl (C=O) groups excluding carboxylic acids is 1. The van der Waals surface area contributed by atoms with Gasteiger partial charge in [0.2, 0.25) is 5.88 Å². The first-order valence-electron chi connectivity index (χ1n) is 9.75. The number of fused-ring (bicyclic) bond motifs is 3. The number of ether oxygens (including phenoxy) is 1. The molecule has 1 fully saturated rings. The van der Waals surface area contributed by atoms with Crippen LogP contribution in [0.4, 0.5) is 10.2 Å². The number of rotatable bonds is 1. The summed E-state index contributed by atoms with van der Waals surface area (Å²) in [5, 5.41) is 7.09. The van der Waals surface area contributed by atoms with Gasteiger partial charge >= 0.3 is 0 Å². The average molecular weight is 396 g/mol. The van der Waals surface area contributed by atoms with E-state index in [0.29, 0.717) is 35.0 Å². The minimum atomic E-state index is -0.435. The van der Waals surface area contributed by atoms with E-state index >= 15 is 0 Å². The standard InChI is InChI=1S/C20H21FN6O2/c1-3-26-16-4-7-27-17(25-16)14(11-24-27)18(28)22-9-12(2)29-19-15(20(26)5-6-20)8-13(21)10-23-19/h4,7-8,10-12H,3,5-6,9H2,1-2H3,(H,22,28)/t12-/m1/s1. The number of hydrogen-bond donors (Lipinski definition) is 1. The van der Waals surface area contributed by atoms with Crippen molar-refractivity contribution in [1.29, 1.82) is 0 Å². The van der Waals surface area contributed by atoms with Crippen LogP contribution in [-0.4, -0.2) is 44.7 Å². The number of carbonyl (C=O) groups is 1. The summed E-state index contributed by atoms with van der Waals surface area (Å²) in [6, 6.07) is 3.37. The molecule has 1 N–H and O–H groups in total. The number of nitrogens with zero attached hydrogens (tertiary/aromatic N) is 5. The molecule has 2 aliphatic rings. The lowest BCUT2D eigenvalue weighted by molar-refractivity contribution is 0.0931. The molecule has 29 heavy (non-hydrogen) atoms. The van der Waals surface area contributed by atoms with Crippen molar-refractivity contribution < 1.29 is 13.9 Å². The molecule has 1 aliphatic heterocycles. The zero-order valence-corrected chi connectivity index (χ0v) is 16.2. The van der Waals surface area contributed by atoms with Crippen LogP contribution in [-0.2, 0) is 5.54 Å². The van der Waals surface area contributed by atoms with Gasteiger partial charge in [-0.1, -0.05) is 0 Å². The Bertz CT molecular complexity index is 1110. The smallest absolute Gasteiger partial charge is 0.256 e. The third-order valence-electron chi connectivity index (χ3n) is 5.61. The molecule has 1 aliphatic carbocycles. The lowest BCUT2D eigenvalue weighted by atomic mass is 10.0. The van der Waals surface area contributed by atoms with Crippen molar-refractivity contribution in [1.82, 2.24) is 24.9 Å². The van der Waals surface area contributed by atoms with Crippen molar-refractivity contribution in [3.63, 3.8) is 0 Å². The van der Waals surface area contributed by atoms with E-state index in [0.717, 1.165) is 19.0 Å². The molecule has 4 heterocycles. The number of hydrogen-bond acceptors (Lipinski definition) is 6. The fourth-order valence-corrected chi connectivity index (χ4v) is 4.07. The first-order valence-corrected chi connectivity index (χ1v) is 9.75. The summed E-state index contributed by atoms with van der Waals surface area (Å²) in [6.45, 7) is 4.81. The number of anilines is 1. The van der Waals surface area contributed by atoms with Crippen molar-refractivity contribution in [2.45, 2.75) is 38.3 Å². The highest BCUT2D eigenvalue weighted by molar-refractivity contribution is 5.99. The minimum absolute atomic E-state index is 0.268. The van der Waals surface area contributed by atoms with Crippen molar-refractivity contribution in [2.75, 3.05) is 18.0 Å². The predicted molar refractivity (Wildman–Crippen MR) is 104 cm³/mol. The van der Waals surface area contributed by atoms with Crippen molar-refractivity contribution in [3.05, 3.63) is 47.7 Å². The van der Waals surface area contributed by atoms with E-state index in [4.69, 9.17) is 9.72 Å². The van der Waals surface area contributed by atoms with Crippen LogP contribution in [0.3, 0.4) is 0 Å². The molecule has 1 atom stereocenters. The fraction of sp³-hybridized carbons (Fsp3) is 0.400. The molecule has 1 spiro atoms. The largest absolute Gasteiger partial charge is 0.473 e. The Labute approximate surface area is 166 Å². The monoisotopic (exact) mass is 396 g/mol. The Hall–Kier alpha value is -3.23. The zero-order chi connectivity index (χ0) is 20.2. The molecule has 9 heteroatoms. The second-order valence-corrected chi connectivity index (χ2v) is 7.53. The van der Waals surface area contributed by atoms with Gasteiger partial charge in [-0.05, 0) is 38.8 Å². The van der Waals surface area contributed by atoms with Crippen LogP contribution in [0.5, 0.6) is 5.88 Å². The molecule has 0 unspecified atom stereocenters. The number of nitrogens with one attached hydrogen (secondary N) is 1. The van der Waals surface area contributed by atoms with E-state index in [-0.39, 0.29) is 18.6 Å². The molecule has 0 radical (unpaired) electrons. The van der Waals surface area contributed by atoms with Gasteiger partial charge in [-0.25, -0.2) is 18.9 Å². The van der Waals surface area contributed by atoms with Gasteiger partial charge in [0, 0.05) is 18.3 Å². The highest BCUT2D eigenvalue weighted by atomic mass is 19.1. The Morgan fingerprint density at radius 3 is 2.97 bits per heavy atom. The summed E-state index contributed by atoms with van der Waals surface area (Å²) in [5.41, 5.74) is 1.17. The van der Waals surface area contributed by atoms with Crippen LogP contribution in [0.2, 0.25) is 0 Å². The second kappa shape index (κ2) is 6.40. The summed E-state index contributed by atoms with van der Waals surface area (Å²) < 4.78 is 21.8. The third-order valence-corrected chi connectivity index (χ3v) is 5.61. The van der Waals surface area contributed by atoms with Gasteiger partial charge in [-0.3, -0.25) is 4.79 Å². The fourth-order valence-electron chi connectivity index (χ4n) is 4.07. The predicted octanol–water partition coefficient (Wildman–Crippen LogP) is 2.29. The number of amides is 1. The van der Waals surface area contributed by atoms with Gasteiger partial charge in [0.15, 0.2) is 5.65 Å². The van der Waals surface area contributed by atoms with E-state index in [1.165, 1.54) is 12.3 Å². The lowest BCUT2D eigenvalue weighted by Gasteiger charge is -2.33. The second-order valence-electron chi connectivity index (χ2n) is 7.53. The van der Waals surface area contributed by atoms with Gasteiger partial charge in [0.05, 0.1) is 24.5 Å². The maximum absolute atomic E-state index is 14.2. The van der Waals surface area contributed by atoms with Crippen LogP contribution >= 0.6 is 0 Å². The van der Waals surface area contributed by atoms with Gasteiger partial charge in [0.1, 0.15) is 23.3 Å². The Morgan fingerprint density at radius 1 is 1.38 bits per heavy atom. The molecule has 1 amide bonds. The normalized spacial score (nSPS) is 20.4. The van der Waals surface area contributed by atoms with Crippen molar-refractivity contribution in [3.8, 4) is 5.88 Å².